The molecule has 0 aliphatic carbocycles. The Morgan fingerprint density at radius 3 is 2.26 bits per heavy atom. The van der Waals surface area contributed by atoms with Crippen LogP contribution in [0.4, 0.5) is 14.5 Å². The molecule has 1 fully saturated rings. The number of fused-ring (bicyclic) bond motifs is 1. The van der Waals surface area contributed by atoms with Crippen LogP contribution >= 0.6 is 0 Å². The minimum absolute atomic E-state index is 0.114. The number of ether oxygens (including phenoxy) is 1. The van der Waals surface area contributed by atoms with Crippen LogP contribution < -0.4 is 15.2 Å². The number of hydrogen-bond donors (Lipinski definition) is 0. The number of carbonyl (C=O) groups is 1. The van der Waals surface area contributed by atoms with Gasteiger partial charge in [-0.15, -0.1) is 0 Å². The van der Waals surface area contributed by atoms with E-state index >= 15 is 0 Å². The van der Waals surface area contributed by atoms with Crippen molar-refractivity contribution in [1.82, 2.24) is 9.47 Å². The first-order valence-electron chi connectivity index (χ1n) is 11.2. The molecule has 0 N–H and O–H groups in total. The zero-order valence-corrected chi connectivity index (χ0v) is 19.1. The SMILES string of the molecule is COc1ccccc1N1CCN(C(=O)c2cn(-c3ccc(F)cc3F)c(=O)c3ccccc23)CC1. The number of piperazine rings is 1. The molecule has 1 saturated heterocycles. The number of aromatic nitrogens is 1. The van der Waals surface area contributed by atoms with Crippen LogP contribution in [0.1, 0.15) is 10.4 Å². The summed E-state index contributed by atoms with van der Waals surface area (Å²) in [5, 5.41) is 0.781. The lowest BCUT2D eigenvalue weighted by Gasteiger charge is -2.36. The Morgan fingerprint density at radius 1 is 0.857 bits per heavy atom. The molecule has 178 valence electrons. The average molecular weight is 475 g/mol. The van der Waals surface area contributed by atoms with Crippen molar-refractivity contribution < 1.29 is 18.3 Å². The number of para-hydroxylation sites is 2. The summed E-state index contributed by atoms with van der Waals surface area (Å²) < 4.78 is 34.6. The van der Waals surface area contributed by atoms with Crippen LogP contribution in [-0.2, 0) is 0 Å². The maximum absolute atomic E-state index is 14.6. The van der Waals surface area contributed by atoms with Crippen molar-refractivity contribution in [2.24, 2.45) is 0 Å². The Kier molecular flexibility index (Phi) is 5.94. The number of carbonyl (C=O) groups excluding carboxylic acids is 1. The lowest BCUT2D eigenvalue weighted by molar-refractivity contribution is 0.0748. The van der Waals surface area contributed by atoms with E-state index in [1.807, 2.05) is 24.3 Å². The predicted octanol–water partition coefficient (Wildman–Crippen LogP) is 4.24. The monoisotopic (exact) mass is 475 g/mol. The number of methoxy groups -OCH3 is 1. The molecule has 0 spiro atoms. The van der Waals surface area contributed by atoms with Gasteiger partial charge in [-0.2, -0.15) is 0 Å². The second kappa shape index (κ2) is 9.21. The molecule has 0 atom stereocenters. The van der Waals surface area contributed by atoms with Gasteiger partial charge in [0.15, 0.2) is 0 Å². The van der Waals surface area contributed by atoms with Gasteiger partial charge in [-0.1, -0.05) is 30.3 Å². The van der Waals surface area contributed by atoms with E-state index in [1.54, 1.807) is 36.3 Å². The second-order valence-corrected chi connectivity index (χ2v) is 8.31. The molecule has 0 bridgehead atoms. The molecule has 0 saturated carbocycles. The predicted molar refractivity (Wildman–Crippen MR) is 131 cm³/mol. The van der Waals surface area contributed by atoms with E-state index in [0.29, 0.717) is 31.6 Å². The molecule has 1 aromatic heterocycles. The summed E-state index contributed by atoms with van der Waals surface area (Å²) in [7, 11) is 1.63. The maximum Gasteiger partial charge on any atom is 0.263 e. The Hall–Kier alpha value is -4.20. The number of benzene rings is 3. The van der Waals surface area contributed by atoms with Crippen molar-refractivity contribution in [1.29, 1.82) is 0 Å². The normalized spacial score (nSPS) is 13.8. The Bertz CT molecular complexity index is 1480. The van der Waals surface area contributed by atoms with Crippen LogP contribution in [0, 0.1) is 11.6 Å². The minimum atomic E-state index is -0.883. The molecule has 6 nitrogen and oxygen atoms in total. The van der Waals surface area contributed by atoms with Gasteiger partial charge >= 0.3 is 0 Å². The summed E-state index contributed by atoms with van der Waals surface area (Å²) in [6, 6.07) is 17.5. The van der Waals surface area contributed by atoms with Gasteiger partial charge in [0.1, 0.15) is 17.4 Å². The molecule has 3 aromatic carbocycles. The van der Waals surface area contributed by atoms with Crippen LogP contribution in [-0.4, -0.2) is 48.7 Å². The molecule has 2 heterocycles. The molecule has 8 heteroatoms. The van der Waals surface area contributed by atoms with E-state index in [2.05, 4.69) is 4.90 Å². The van der Waals surface area contributed by atoms with Gasteiger partial charge in [-0.05, 0) is 30.3 Å². The van der Waals surface area contributed by atoms with E-state index < -0.39 is 17.2 Å². The fraction of sp³-hybridized carbons (Fsp3) is 0.185. The highest BCUT2D eigenvalue weighted by Crippen LogP contribution is 2.29. The quantitative estimate of drug-likeness (QED) is 0.443. The van der Waals surface area contributed by atoms with Gasteiger partial charge < -0.3 is 14.5 Å². The Balaban J connectivity index is 1.50. The van der Waals surface area contributed by atoms with Crippen LogP contribution in [0.2, 0.25) is 0 Å². The summed E-state index contributed by atoms with van der Waals surface area (Å²) >= 11 is 0. The van der Waals surface area contributed by atoms with Gasteiger partial charge in [-0.25, -0.2) is 8.78 Å². The van der Waals surface area contributed by atoms with E-state index in [4.69, 9.17) is 4.74 Å². The van der Waals surface area contributed by atoms with Crippen molar-refractivity contribution in [2.75, 3.05) is 38.2 Å². The zero-order valence-electron chi connectivity index (χ0n) is 19.1. The summed E-state index contributed by atoms with van der Waals surface area (Å²) in [6.07, 6.45) is 1.36. The molecular formula is C27H23F2N3O3. The van der Waals surface area contributed by atoms with Crippen LogP contribution in [0.5, 0.6) is 5.75 Å². The number of hydrogen-bond acceptors (Lipinski definition) is 4. The summed E-state index contributed by atoms with van der Waals surface area (Å²) in [6.45, 7) is 2.15. The molecule has 1 amide bonds. The van der Waals surface area contributed by atoms with E-state index in [1.165, 1.54) is 12.3 Å². The number of anilines is 1. The van der Waals surface area contributed by atoms with Crippen molar-refractivity contribution in [2.45, 2.75) is 0 Å². The van der Waals surface area contributed by atoms with Crippen molar-refractivity contribution in [3.8, 4) is 11.4 Å². The molecule has 1 aliphatic heterocycles. The highest BCUT2D eigenvalue weighted by atomic mass is 19.1. The van der Waals surface area contributed by atoms with Gasteiger partial charge in [0.25, 0.3) is 11.5 Å². The molecule has 5 rings (SSSR count). The van der Waals surface area contributed by atoms with E-state index in [-0.39, 0.29) is 22.5 Å². The molecule has 0 radical (unpaired) electrons. The number of rotatable bonds is 4. The van der Waals surface area contributed by atoms with E-state index in [0.717, 1.165) is 28.1 Å². The third-order valence-corrected chi connectivity index (χ3v) is 6.32. The van der Waals surface area contributed by atoms with Crippen LogP contribution in [0.15, 0.2) is 77.7 Å². The number of amides is 1. The maximum atomic E-state index is 14.6. The van der Waals surface area contributed by atoms with Gasteiger partial charge in [0.2, 0.25) is 0 Å². The molecule has 1 aliphatic rings. The first kappa shape index (κ1) is 22.6. The van der Waals surface area contributed by atoms with Crippen LogP contribution in [0.3, 0.4) is 0 Å². The number of pyridine rings is 1. The lowest BCUT2D eigenvalue weighted by Crippen LogP contribution is -2.49. The third-order valence-electron chi connectivity index (χ3n) is 6.32. The number of nitrogens with zero attached hydrogens (tertiary/aromatic N) is 3. The standard InChI is InChI=1S/C27H23F2N3O3/c1-35-25-9-5-4-8-24(25)30-12-14-31(15-13-30)26(33)21-17-32(23-11-10-18(28)16-22(23)29)27(34)20-7-3-2-6-19(20)21/h2-11,16-17H,12-15H2,1H3. The topological polar surface area (TPSA) is 54.8 Å². The van der Waals surface area contributed by atoms with Crippen molar-refractivity contribution in [3.63, 3.8) is 0 Å². The minimum Gasteiger partial charge on any atom is -0.495 e. The lowest BCUT2D eigenvalue weighted by atomic mass is 10.1. The molecule has 35 heavy (non-hydrogen) atoms. The molecular weight excluding hydrogens is 452 g/mol. The average Bonchev–Trinajstić information content (AvgIpc) is 2.89. The number of halogens is 2. The van der Waals surface area contributed by atoms with Crippen molar-refractivity contribution >= 4 is 22.4 Å². The van der Waals surface area contributed by atoms with Gasteiger partial charge in [-0.3, -0.25) is 14.2 Å². The van der Waals surface area contributed by atoms with Gasteiger partial charge in [0, 0.05) is 49.2 Å². The fourth-order valence-electron chi connectivity index (χ4n) is 4.53. The Morgan fingerprint density at radius 2 is 1.54 bits per heavy atom. The fourth-order valence-corrected chi connectivity index (χ4v) is 4.53. The highest BCUT2D eigenvalue weighted by Gasteiger charge is 2.26. The first-order chi connectivity index (χ1) is 17.0. The summed E-state index contributed by atoms with van der Waals surface area (Å²) in [5.74, 6) is -1.11. The molecule has 4 aromatic rings. The van der Waals surface area contributed by atoms with Crippen molar-refractivity contribution in [3.05, 3.63) is 100 Å². The Labute approximate surface area is 200 Å². The smallest absolute Gasteiger partial charge is 0.263 e. The van der Waals surface area contributed by atoms with E-state index in [9.17, 15) is 18.4 Å². The first-order valence-corrected chi connectivity index (χ1v) is 11.2. The summed E-state index contributed by atoms with van der Waals surface area (Å²) in [4.78, 5) is 30.7. The van der Waals surface area contributed by atoms with Gasteiger partial charge in [0.05, 0.1) is 24.0 Å². The highest BCUT2D eigenvalue weighted by molar-refractivity contribution is 6.06. The van der Waals surface area contributed by atoms with Crippen LogP contribution in [0.25, 0.3) is 16.5 Å². The second-order valence-electron chi connectivity index (χ2n) is 8.31. The zero-order chi connectivity index (χ0) is 24.5. The summed E-state index contributed by atoms with van der Waals surface area (Å²) in [5.41, 5.74) is 0.656. The largest absolute Gasteiger partial charge is 0.495 e. The molecule has 0 unspecified atom stereocenters. The third kappa shape index (κ3) is 4.12.